The van der Waals surface area contributed by atoms with Crippen molar-refractivity contribution >= 4 is 40.4 Å². The van der Waals surface area contributed by atoms with Crippen LogP contribution in [0.5, 0.6) is 0 Å². The summed E-state index contributed by atoms with van der Waals surface area (Å²) in [5.74, 6) is 0.741. The number of aromatic nitrogens is 8. The zero-order valence-corrected chi connectivity index (χ0v) is 33.4. The quantitative estimate of drug-likeness (QED) is 0.0953. The summed E-state index contributed by atoms with van der Waals surface area (Å²) < 4.78 is 5.67. The number of H-pyrrole nitrogens is 2. The molecule has 19 nitrogen and oxygen atoms in total. The van der Waals surface area contributed by atoms with Gasteiger partial charge in [-0.1, -0.05) is 66.7 Å². The second kappa shape index (κ2) is 18.6. The van der Waals surface area contributed by atoms with E-state index in [1.165, 1.54) is 38.0 Å². The van der Waals surface area contributed by atoms with Crippen molar-refractivity contribution in [3.63, 3.8) is 0 Å². The summed E-state index contributed by atoms with van der Waals surface area (Å²) in [7, 11) is 3.32. The number of aromatic amines is 2. The number of nitrogens with one attached hydrogen (secondary N) is 4. The summed E-state index contributed by atoms with van der Waals surface area (Å²) in [6.45, 7) is 1.43. The van der Waals surface area contributed by atoms with Crippen LogP contribution in [-0.4, -0.2) is 52.1 Å². The maximum Gasteiger partial charge on any atom is 0.301 e. The van der Waals surface area contributed by atoms with Crippen LogP contribution in [0.3, 0.4) is 0 Å². The number of hydrogen-bond donors (Lipinski definition) is 4. The van der Waals surface area contributed by atoms with Crippen LogP contribution in [0.1, 0.15) is 29.3 Å². The molecule has 0 fully saturated rings. The molecule has 8 aromatic rings. The number of aryl methyl sites for hydroxylation is 1. The lowest BCUT2D eigenvalue weighted by molar-refractivity contribution is -0.114. The van der Waals surface area contributed by atoms with Crippen LogP contribution in [0.4, 0.5) is 34.5 Å². The van der Waals surface area contributed by atoms with E-state index in [1.54, 1.807) is 50.5 Å². The minimum absolute atomic E-state index is 0.115. The highest BCUT2D eigenvalue weighted by atomic mass is 16.2. The maximum atomic E-state index is 13.5. The highest BCUT2D eigenvalue weighted by Gasteiger charge is 2.19. The van der Waals surface area contributed by atoms with Gasteiger partial charge in [0.15, 0.2) is 28.8 Å². The minimum Gasteiger partial charge on any atom is -0.372 e. The summed E-state index contributed by atoms with van der Waals surface area (Å²) in [4.78, 5) is 37.5. The predicted molar refractivity (Wildman–Crippen MR) is 230 cm³/mol. The first-order valence-electron chi connectivity index (χ1n) is 18.8. The van der Waals surface area contributed by atoms with Gasteiger partial charge in [-0.05, 0) is 54.1 Å². The summed E-state index contributed by atoms with van der Waals surface area (Å²) in [6, 6.07) is 39.0. The smallest absolute Gasteiger partial charge is 0.301 e. The van der Waals surface area contributed by atoms with Crippen LogP contribution in [0, 0.1) is 22.7 Å². The van der Waals surface area contributed by atoms with Gasteiger partial charge in [0, 0.05) is 33.1 Å². The summed E-state index contributed by atoms with van der Waals surface area (Å²) >= 11 is 0. The fourth-order valence-electron chi connectivity index (χ4n) is 6.13. The zero-order valence-electron chi connectivity index (χ0n) is 33.4. The third kappa shape index (κ3) is 8.92. The Hall–Kier alpha value is -9.23. The number of carbonyl (C=O) groups excluding carboxylic acids is 1. The fourth-order valence-corrected chi connectivity index (χ4v) is 6.13. The van der Waals surface area contributed by atoms with Crippen molar-refractivity contribution in [1.29, 1.82) is 10.5 Å². The molecular weight excluding hydrogens is 789 g/mol. The molecule has 0 atom stereocenters. The van der Waals surface area contributed by atoms with Gasteiger partial charge in [0.25, 0.3) is 5.56 Å². The Kier molecular flexibility index (Phi) is 12.3. The average Bonchev–Trinajstić information content (AvgIpc) is 4.05. The molecular formula is C43H36N16O3. The number of amides is 1. The van der Waals surface area contributed by atoms with Crippen LogP contribution >= 0.6 is 0 Å². The maximum absolute atomic E-state index is 13.5. The molecule has 19 heteroatoms. The molecule has 0 aliphatic carbocycles. The number of nitrogens with zero attached hydrogens (tertiary/aromatic N) is 12. The molecule has 1 amide bonds. The van der Waals surface area contributed by atoms with E-state index in [4.69, 9.17) is 5.26 Å². The topological polar surface area (TPSA) is 249 Å². The van der Waals surface area contributed by atoms with E-state index in [-0.39, 0.29) is 45.6 Å². The van der Waals surface area contributed by atoms with Crippen molar-refractivity contribution in [2.45, 2.75) is 13.3 Å². The number of hydrogen-bond acceptors (Lipinski definition) is 12. The van der Waals surface area contributed by atoms with E-state index < -0.39 is 5.56 Å². The zero-order chi connectivity index (χ0) is 43.6. The van der Waals surface area contributed by atoms with Crippen LogP contribution < -0.4 is 21.8 Å². The lowest BCUT2D eigenvalue weighted by atomic mass is 10.1. The molecule has 306 valence electrons. The first kappa shape index (κ1) is 40.9. The molecule has 0 unspecified atom stereocenters. The molecule has 0 saturated carbocycles. The van der Waals surface area contributed by atoms with Crippen LogP contribution in [-0.2, 0) is 18.3 Å². The normalized spacial score (nSPS) is 10.9. The van der Waals surface area contributed by atoms with Gasteiger partial charge in [0.2, 0.25) is 5.91 Å². The van der Waals surface area contributed by atoms with Gasteiger partial charge in [0.1, 0.15) is 23.3 Å². The Bertz CT molecular complexity index is 3100. The Labute approximate surface area is 352 Å². The van der Waals surface area contributed by atoms with E-state index in [0.717, 1.165) is 5.56 Å². The number of anilines is 2. The van der Waals surface area contributed by atoms with Crippen molar-refractivity contribution in [2.24, 2.45) is 27.5 Å². The number of rotatable bonds is 11. The number of para-hydroxylation sites is 2. The Morgan fingerprint density at radius 2 is 1.21 bits per heavy atom. The molecule has 8 rings (SSSR count). The Morgan fingerprint density at radius 1 is 0.677 bits per heavy atom. The molecule has 4 aromatic heterocycles. The molecule has 0 saturated heterocycles. The van der Waals surface area contributed by atoms with Crippen molar-refractivity contribution < 1.29 is 4.79 Å². The summed E-state index contributed by atoms with van der Waals surface area (Å²) in [5.41, 5.74) is 4.08. The molecule has 0 radical (unpaired) electrons. The third-order valence-electron chi connectivity index (χ3n) is 9.12. The SMILES string of the molecule is CC(=O)Nc1ccc(-n2[nH]c(Cc3ccccc3)c(N=Nc3c(C#N)cnn3-c3ccccc3)c2=O)cc1.CNc1[nH]n(-c2ccccc2)c(=O)c1N=Nc1c(C#N)cnn1C. The van der Waals surface area contributed by atoms with Crippen molar-refractivity contribution in [3.05, 3.63) is 171 Å². The lowest BCUT2D eigenvalue weighted by Gasteiger charge is -2.05. The second-order valence-electron chi connectivity index (χ2n) is 13.3. The van der Waals surface area contributed by atoms with Crippen molar-refractivity contribution in [2.75, 3.05) is 17.7 Å². The third-order valence-corrected chi connectivity index (χ3v) is 9.12. The monoisotopic (exact) mass is 824 g/mol. The molecule has 62 heavy (non-hydrogen) atoms. The predicted octanol–water partition coefficient (Wildman–Crippen LogP) is 7.42. The minimum atomic E-state index is -0.406. The Balaban J connectivity index is 0.000000207. The second-order valence-corrected chi connectivity index (χ2v) is 13.3. The molecule has 4 N–H and O–H groups in total. The fraction of sp³-hybridized carbons (Fsp3) is 0.0930. The number of carbonyl (C=O) groups is 1. The molecule has 0 aliphatic heterocycles. The van der Waals surface area contributed by atoms with Crippen LogP contribution in [0.2, 0.25) is 0 Å². The van der Waals surface area contributed by atoms with E-state index in [0.29, 0.717) is 40.7 Å². The Morgan fingerprint density at radius 3 is 1.84 bits per heavy atom. The molecule has 0 bridgehead atoms. The summed E-state index contributed by atoms with van der Waals surface area (Å²) in [5, 5.41) is 55.3. The van der Waals surface area contributed by atoms with Gasteiger partial charge < -0.3 is 10.6 Å². The first-order chi connectivity index (χ1) is 30.2. The molecule has 4 heterocycles. The van der Waals surface area contributed by atoms with E-state index in [1.807, 2.05) is 84.9 Å². The van der Waals surface area contributed by atoms with E-state index >= 15 is 0 Å². The lowest BCUT2D eigenvalue weighted by Crippen LogP contribution is -2.14. The van der Waals surface area contributed by atoms with E-state index in [9.17, 15) is 19.6 Å². The van der Waals surface area contributed by atoms with Gasteiger partial charge in [-0.3, -0.25) is 24.6 Å². The highest BCUT2D eigenvalue weighted by Crippen LogP contribution is 2.27. The van der Waals surface area contributed by atoms with E-state index in [2.05, 4.69) is 57.6 Å². The number of azo groups is 2. The molecule has 0 aliphatic rings. The van der Waals surface area contributed by atoms with Gasteiger partial charge in [0.05, 0.1) is 35.1 Å². The van der Waals surface area contributed by atoms with Gasteiger partial charge >= 0.3 is 5.56 Å². The van der Waals surface area contributed by atoms with Gasteiger partial charge in [-0.15, -0.1) is 20.5 Å². The van der Waals surface area contributed by atoms with Crippen molar-refractivity contribution in [3.8, 4) is 29.2 Å². The highest BCUT2D eigenvalue weighted by molar-refractivity contribution is 5.88. The molecule has 0 spiro atoms. The molecule has 4 aromatic carbocycles. The standard InChI is InChI=1S/C28H22N8O2.C15H14N8O/c1-19(37)31-22-12-14-24(15-13-22)36-28(38)26(25(34-36)16-20-8-4-2-5-9-20)32-33-27-21(17-29)18-30-35(27)23-10-6-3-7-11-23;1-17-13-12(19-20-14-10(8-16)9-18-22(14)2)15(24)23(21-13)11-6-4-3-5-7-11/h2-15,18,34H,16H2,1H3,(H,31,37);3-7,9,17,21H,1-2H3. The van der Waals surface area contributed by atoms with Gasteiger partial charge in [-0.2, -0.15) is 20.7 Å². The largest absolute Gasteiger partial charge is 0.372 e. The number of benzene rings is 4. The van der Waals surface area contributed by atoms with Crippen LogP contribution in [0.25, 0.3) is 17.1 Å². The summed E-state index contributed by atoms with van der Waals surface area (Å²) in [6.07, 6.45) is 3.22. The number of nitriles is 2. The van der Waals surface area contributed by atoms with Gasteiger partial charge in [-0.25, -0.2) is 18.7 Å². The van der Waals surface area contributed by atoms with Crippen molar-refractivity contribution in [1.82, 2.24) is 39.1 Å². The van der Waals surface area contributed by atoms with Crippen LogP contribution in [0.15, 0.2) is 158 Å². The first-order valence-corrected chi connectivity index (χ1v) is 18.8. The average molecular weight is 825 g/mol.